The second kappa shape index (κ2) is 49.7. The van der Waals surface area contributed by atoms with Crippen molar-refractivity contribution in [2.24, 2.45) is 0 Å². The van der Waals surface area contributed by atoms with Crippen molar-refractivity contribution in [3.63, 3.8) is 0 Å². The van der Waals surface area contributed by atoms with Crippen LogP contribution in [-0.2, 0) is 33.2 Å². The molecule has 2 rings (SSSR count). The quantitative estimate of drug-likeness (QED) is 0.0172. The molecule has 0 aliphatic carbocycles. The molecule has 11 atom stereocenters. The molecular weight excluding hydrogens is 981 g/mol. The fraction of sp³-hybridized carbons (Fsp3) is 0.857. The minimum atomic E-state index is -1.71. The van der Waals surface area contributed by atoms with Crippen molar-refractivity contribution in [2.75, 3.05) is 33.0 Å². The van der Waals surface area contributed by atoms with Crippen LogP contribution in [0.3, 0.4) is 0 Å². The van der Waals surface area contributed by atoms with Crippen molar-refractivity contribution in [1.29, 1.82) is 0 Å². The molecule has 0 bridgehead atoms. The summed E-state index contributed by atoms with van der Waals surface area (Å²) in [6.07, 6.45) is 44.6. The van der Waals surface area contributed by atoms with Gasteiger partial charge in [0.15, 0.2) is 12.6 Å². The molecule has 2 saturated heterocycles. The number of hydrogen-bond acceptors (Lipinski definition) is 14. The fourth-order valence-corrected chi connectivity index (χ4v) is 9.87. The van der Waals surface area contributed by atoms with Crippen molar-refractivity contribution in [3.05, 3.63) is 48.6 Å². The Kier molecular flexibility index (Phi) is 45.9. The molecule has 7 N–H and O–H groups in total. The van der Waals surface area contributed by atoms with E-state index in [1.54, 1.807) is 0 Å². The minimum Gasteiger partial charge on any atom is -0.457 e. The highest BCUT2D eigenvalue weighted by atomic mass is 16.7. The van der Waals surface area contributed by atoms with Crippen LogP contribution in [0.1, 0.15) is 245 Å². The normalized spacial score (nSPS) is 24.6. The number of esters is 1. The highest BCUT2D eigenvalue weighted by Crippen LogP contribution is 2.27. The van der Waals surface area contributed by atoms with Crippen LogP contribution in [0.4, 0.5) is 0 Å². The third-order valence-electron chi connectivity index (χ3n) is 14.9. The molecule has 450 valence electrons. The Morgan fingerprint density at radius 3 is 1.32 bits per heavy atom. The number of hydrogen-bond donors (Lipinski definition) is 7. The van der Waals surface area contributed by atoms with E-state index in [4.69, 9.17) is 28.4 Å². The molecule has 11 unspecified atom stereocenters. The first-order valence-corrected chi connectivity index (χ1v) is 31.2. The molecule has 0 spiro atoms. The van der Waals surface area contributed by atoms with Gasteiger partial charge in [0.25, 0.3) is 0 Å². The molecule has 0 radical (unpaired) electrons. The molecule has 77 heavy (non-hydrogen) atoms. The first-order valence-electron chi connectivity index (χ1n) is 31.2. The van der Waals surface area contributed by atoms with Crippen LogP contribution in [0.2, 0.25) is 0 Å². The van der Waals surface area contributed by atoms with Crippen LogP contribution in [0.25, 0.3) is 0 Å². The molecule has 14 nitrogen and oxygen atoms in total. The monoisotopic (exact) mass is 1090 g/mol. The summed E-state index contributed by atoms with van der Waals surface area (Å²) in [5.41, 5.74) is 0. The number of ether oxygens (including phenoxy) is 6. The summed E-state index contributed by atoms with van der Waals surface area (Å²) in [7, 11) is 0. The molecule has 2 heterocycles. The van der Waals surface area contributed by atoms with Crippen molar-refractivity contribution < 1.29 is 69.0 Å². The van der Waals surface area contributed by atoms with Gasteiger partial charge >= 0.3 is 5.97 Å². The maximum atomic E-state index is 13.1. The Bertz CT molecular complexity index is 1460. The van der Waals surface area contributed by atoms with Gasteiger partial charge in [-0.25, -0.2) is 0 Å². The summed E-state index contributed by atoms with van der Waals surface area (Å²) in [4.78, 5) is 13.1. The Hall–Kier alpha value is -2.05. The van der Waals surface area contributed by atoms with Crippen molar-refractivity contribution >= 4 is 5.97 Å². The topological polar surface area (TPSA) is 214 Å². The Labute approximate surface area is 467 Å². The van der Waals surface area contributed by atoms with E-state index in [0.717, 1.165) is 64.2 Å². The standard InChI is InChI=1S/C63H114O14/c1-3-5-7-9-11-13-15-17-19-21-22-23-24-25-26-27-28-29-31-33-35-37-39-41-43-45-47-72-49-52(75-55(65)46-44-42-40-38-36-34-32-30-20-18-16-14-12-10-8-6-4-2)50-73-62-61(71)59(69)57(67)54(77-62)51-74-63-60(70)58(68)56(66)53(48-64)76-63/h5,7,11,13,17,19,22-23,52-54,56-64,66-71H,3-4,6,8-10,12,14-16,18,20-21,24-51H2,1-2H3/b7-5-,13-11-,19-17-,23-22-. The second-order valence-electron chi connectivity index (χ2n) is 21.9. The maximum absolute atomic E-state index is 13.1. The molecule has 2 fully saturated rings. The fourth-order valence-electron chi connectivity index (χ4n) is 9.87. The zero-order valence-corrected chi connectivity index (χ0v) is 48.4. The second-order valence-corrected chi connectivity index (χ2v) is 21.9. The first kappa shape index (κ1) is 71.1. The molecule has 0 aromatic heterocycles. The third kappa shape index (κ3) is 36.1. The Balaban J connectivity index is 1.66. The van der Waals surface area contributed by atoms with E-state index in [1.165, 1.54) is 154 Å². The lowest BCUT2D eigenvalue weighted by Crippen LogP contribution is -2.61. The van der Waals surface area contributed by atoms with Gasteiger partial charge in [-0.2, -0.15) is 0 Å². The summed E-state index contributed by atoms with van der Waals surface area (Å²) < 4.78 is 34.5. The molecule has 0 amide bonds. The maximum Gasteiger partial charge on any atom is 0.306 e. The van der Waals surface area contributed by atoms with Crippen molar-refractivity contribution in [3.8, 4) is 0 Å². The van der Waals surface area contributed by atoms with Crippen LogP contribution in [-0.4, -0.2) is 142 Å². The molecular formula is C63H114O14. The van der Waals surface area contributed by atoms with Gasteiger partial charge in [0.05, 0.1) is 26.4 Å². The van der Waals surface area contributed by atoms with Crippen LogP contribution in [0.15, 0.2) is 48.6 Å². The summed E-state index contributed by atoms with van der Waals surface area (Å²) in [6.45, 7) is 3.62. The largest absolute Gasteiger partial charge is 0.457 e. The van der Waals surface area contributed by atoms with E-state index in [9.17, 15) is 40.5 Å². The number of aliphatic hydroxyl groups excluding tert-OH is 7. The average Bonchev–Trinajstić information content (AvgIpc) is 3.43. The van der Waals surface area contributed by atoms with E-state index >= 15 is 0 Å². The van der Waals surface area contributed by atoms with Gasteiger partial charge in [0, 0.05) is 13.0 Å². The molecule has 0 aromatic rings. The SMILES string of the molecule is CC/C=C\C/C=C\C/C=C\C/C=C\CCCCCCCCCCCCCCCOCC(COC1OC(COC2OC(CO)C(O)C(O)C2O)C(O)C(O)C1O)OC(=O)CCCCCCCCCCCCCCCCCCC. The molecule has 2 aliphatic rings. The highest BCUT2D eigenvalue weighted by molar-refractivity contribution is 5.69. The number of allylic oxidation sites excluding steroid dienone is 8. The smallest absolute Gasteiger partial charge is 0.306 e. The predicted octanol–water partition coefficient (Wildman–Crippen LogP) is 11.9. The number of carbonyl (C=O) groups is 1. The van der Waals surface area contributed by atoms with Crippen molar-refractivity contribution in [1.82, 2.24) is 0 Å². The number of aliphatic hydroxyl groups is 7. The summed E-state index contributed by atoms with van der Waals surface area (Å²) in [5.74, 6) is -0.372. The van der Waals surface area contributed by atoms with Gasteiger partial charge in [0.1, 0.15) is 54.9 Å². The van der Waals surface area contributed by atoms with Gasteiger partial charge in [-0.05, 0) is 51.4 Å². The van der Waals surface area contributed by atoms with E-state index in [2.05, 4.69) is 62.5 Å². The van der Waals surface area contributed by atoms with Gasteiger partial charge in [-0.3, -0.25) is 4.79 Å². The number of carbonyl (C=O) groups excluding carboxylic acids is 1. The van der Waals surface area contributed by atoms with E-state index in [-0.39, 0.29) is 25.6 Å². The van der Waals surface area contributed by atoms with Gasteiger partial charge in [0.2, 0.25) is 0 Å². The predicted molar refractivity (Wildman–Crippen MR) is 307 cm³/mol. The lowest BCUT2D eigenvalue weighted by Gasteiger charge is -2.42. The molecule has 2 aliphatic heterocycles. The minimum absolute atomic E-state index is 0.0632. The Morgan fingerprint density at radius 1 is 0.442 bits per heavy atom. The molecule has 0 saturated carbocycles. The van der Waals surface area contributed by atoms with Crippen LogP contribution in [0.5, 0.6) is 0 Å². The van der Waals surface area contributed by atoms with Gasteiger partial charge in [-0.1, -0.05) is 236 Å². The third-order valence-corrected chi connectivity index (χ3v) is 14.9. The van der Waals surface area contributed by atoms with E-state index in [1.807, 2.05) is 0 Å². The van der Waals surface area contributed by atoms with Gasteiger partial charge in [-0.15, -0.1) is 0 Å². The summed E-state index contributed by atoms with van der Waals surface area (Å²) >= 11 is 0. The zero-order chi connectivity index (χ0) is 55.8. The average molecular weight is 1100 g/mol. The number of rotatable bonds is 51. The van der Waals surface area contributed by atoms with E-state index in [0.29, 0.717) is 13.0 Å². The van der Waals surface area contributed by atoms with E-state index < -0.39 is 80.7 Å². The highest BCUT2D eigenvalue weighted by Gasteiger charge is 2.47. The lowest BCUT2D eigenvalue weighted by atomic mass is 9.98. The summed E-state index contributed by atoms with van der Waals surface area (Å²) in [6, 6.07) is 0. The number of unbranched alkanes of at least 4 members (excludes halogenated alkanes) is 29. The molecule has 0 aromatic carbocycles. The van der Waals surface area contributed by atoms with Gasteiger partial charge < -0.3 is 64.2 Å². The zero-order valence-electron chi connectivity index (χ0n) is 48.4. The van der Waals surface area contributed by atoms with Crippen molar-refractivity contribution in [2.45, 2.75) is 313 Å². The lowest BCUT2D eigenvalue weighted by molar-refractivity contribution is -0.332. The summed E-state index contributed by atoms with van der Waals surface area (Å²) in [5, 5.41) is 72.4. The molecule has 14 heteroatoms. The van der Waals surface area contributed by atoms with Crippen LogP contribution < -0.4 is 0 Å². The van der Waals surface area contributed by atoms with Crippen LogP contribution in [0, 0.1) is 0 Å². The van der Waals surface area contributed by atoms with Crippen LogP contribution >= 0.6 is 0 Å². The first-order chi connectivity index (χ1) is 37.6. The Morgan fingerprint density at radius 2 is 0.844 bits per heavy atom.